The van der Waals surface area contributed by atoms with Gasteiger partial charge in [-0.25, -0.2) is 0 Å². The number of hydrogen-bond donors (Lipinski definition) is 1. The summed E-state index contributed by atoms with van der Waals surface area (Å²) in [4.78, 5) is 12.3. The molecule has 1 aliphatic rings. The van der Waals surface area contributed by atoms with Crippen molar-refractivity contribution in [3.63, 3.8) is 0 Å². The van der Waals surface area contributed by atoms with Crippen LogP contribution in [-0.2, 0) is 11.2 Å². The normalized spacial score (nSPS) is 22.3. The SMILES string of the molecule is COc1ccc(Br)c(CC(=O)C2(C(F)(F)F)CCNC2)c1. The van der Waals surface area contributed by atoms with Gasteiger partial charge in [-0.05, 0) is 36.7 Å². The first-order chi connectivity index (χ1) is 9.80. The third kappa shape index (κ3) is 3.08. The molecule has 1 saturated heterocycles. The highest BCUT2D eigenvalue weighted by molar-refractivity contribution is 9.10. The topological polar surface area (TPSA) is 38.3 Å². The van der Waals surface area contributed by atoms with E-state index in [9.17, 15) is 18.0 Å². The Balaban J connectivity index is 2.28. The second kappa shape index (κ2) is 5.96. The lowest BCUT2D eigenvalue weighted by atomic mass is 9.79. The molecule has 1 atom stereocenters. The van der Waals surface area contributed by atoms with E-state index >= 15 is 0 Å². The van der Waals surface area contributed by atoms with Crippen LogP contribution >= 0.6 is 15.9 Å². The van der Waals surface area contributed by atoms with E-state index in [0.29, 0.717) is 15.8 Å². The maximum atomic E-state index is 13.3. The summed E-state index contributed by atoms with van der Waals surface area (Å²) in [6, 6.07) is 4.91. The zero-order valence-electron chi connectivity index (χ0n) is 11.4. The number of halogens is 4. The molecule has 0 aliphatic carbocycles. The molecule has 0 radical (unpaired) electrons. The molecule has 21 heavy (non-hydrogen) atoms. The van der Waals surface area contributed by atoms with Gasteiger partial charge < -0.3 is 10.1 Å². The molecule has 1 heterocycles. The first kappa shape index (κ1) is 16.3. The molecule has 1 aromatic carbocycles. The highest BCUT2D eigenvalue weighted by Crippen LogP contribution is 2.44. The summed E-state index contributed by atoms with van der Waals surface area (Å²) in [5.41, 5.74) is -1.79. The maximum absolute atomic E-state index is 13.3. The number of ether oxygens (including phenoxy) is 1. The minimum atomic E-state index is -4.54. The Hall–Kier alpha value is -1.08. The standard InChI is InChI=1S/C14H15BrF3NO2/c1-21-10-2-3-11(15)9(6-10)7-12(20)13(14(16,17)18)4-5-19-8-13/h2-3,6,19H,4-5,7-8H2,1H3. The lowest BCUT2D eigenvalue weighted by molar-refractivity contribution is -0.214. The van der Waals surface area contributed by atoms with Gasteiger partial charge in [-0.3, -0.25) is 4.79 Å². The number of carbonyl (C=O) groups excluding carboxylic acids is 1. The lowest BCUT2D eigenvalue weighted by Crippen LogP contribution is -2.47. The van der Waals surface area contributed by atoms with Crippen LogP contribution in [-0.4, -0.2) is 32.2 Å². The van der Waals surface area contributed by atoms with Crippen LogP contribution in [0.2, 0.25) is 0 Å². The van der Waals surface area contributed by atoms with E-state index in [2.05, 4.69) is 21.2 Å². The van der Waals surface area contributed by atoms with Crippen LogP contribution < -0.4 is 10.1 Å². The number of benzene rings is 1. The molecule has 0 bridgehead atoms. The predicted octanol–water partition coefficient (Wildman–Crippen LogP) is 3.11. The molecule has 1 aromatic rings. The third-order valence-corrected chi connectivity index (χ3v) is 4.61. The summed E-state index contributed by atoms with van der Waals surface area (Å²) in [7, 11) is 1.47. The molecule has 1 unspecified atom stereocenters. The van der Waals surface area contributed by atoms with Crippen molar-refractivity contribution in [1.82, 2.24) is 5.32 Å². The number of alkyl halides is 3. The quantitative estimate of drug-likeness (QED) is 0.890. The zero-order chi connectivity index (χ0) is 15.7. The van der Waals surface area contributed by atoms with Crippen molar-refractivity contribution in [3.8, 4) is 5.75 Å². The molecule has 0 saturated carbocycles. The summed E-state index contributed by atoms with van der Waals surface area (Å²) < 4.78 is 45.6. The van der Waals surface area contributed by atoms with E-state index in [0.717, 1.165) is 0 Å². The van der Waals surface area contributed by atoms with E-state index in [1.807, 2.05) is 0 Å². The third-order valence-electron chi connectivity index (χ3n) is 3.84. The van der Waals surface area contributed by atoms with Crippen molar-refractivity contribution >= 4 is 21.7 Å². The van der Waals surface area contributed by atoms with Gasteiger partial charge >= 0.3 is 6.18 Å². The largest absolute Gasteiger partial charge is 0.497 e. The van der Waals surface area contributed by atoms with Crippen LogP contribution in [0.1, 0.15) is 12.0 Å². The Bertz CT molecular complexity index is 540. The fraction of sp³-hybridized carbons (Fsp3) is 0.500. The van der Waals surface area contributed by atoms with Crippen LogP contribution in [0.4, 0.5) is 13.2 Å². The Morgan fingerprint density at radius 3 is 2.71 bits per heavy atom. The second-order valence-electron chi connectivity index (χ2n) is 5.06. The smallest absolute Gasteiger partial charge is 0.402 e. The van der Waals surface area contributed by atoms with Gasteiger partial charge in [0.25, 0.3) is 0 Å². The summed E-state index contributed by atoms with van der Waals surface area (Å²) in [6.45, 7) is -0.151. The van der Waals surface area contributed by atoms with Crippen LogP contribution in [0.3, 0.4) is 0 Å². The van der Waals surface area contributed by atoms with Crippen LogP contribution in [0.5, 0.6) is 5.75 Å². The highest BCUT2D eigenvalue weighted by Gasteiger charge is 2.60. The fourth-order valence-corrected chi connectivity index (χ4v) is 2.87. The van der Waals surface area contributed by atoms with Crippen molar-refractivity contribution in [2.24, 2.45) is 5.41 Å². The molecule has 1 aliphatic heterocycles. The summed E-state index contributed by atoms with van der Waals surface area (Å²) in [6.07, 6.45) is -5.03. The van der Waals surface area contributed by atoms with Crippen molar-refractivity contribution < 1.29 is 22.7 Å². The molecule has 0 aromatic heterocycles. The minimum absolute atomic E-state index is 0.199. The van der Waals surface area contributed by atoms with E-state index < -0.39 is 17.4 Å². The minimum Gasteiger partial charge on any atom is -0.497 e. The number of nitrogens with one attached hydrogen (secondary N) is 1. The van der Waals surface area contributed by atoms with E-state index in [1.54, 1.807) is 18.2 Å². The number of rotatable bonds is 4. The Labute approximate surface area is 129 Å². The number of Topliss-reactive ketones (excluding diaryl/α,β-unsaturated/α-hetero) is 1. The summed E-state index contributed by atoms with van der Waals surface area (Å²) in [5, 5.41) is 2.65. The fourth-order valence-electron chi connectivity index (χ4n) is 2.49. The van der Waals surface area contributed by atoms with Crippen molar-refractivity contribution in [1.29, 1.82) is 0 Å². The zero-order valence-corrected chi connectivity index (χ0v) is 13.0. The average Bonchev–Trinajstić information content (AvgIpc) is 2.91. The van der Waals surface area contributed by atoms with E-state index in [1.165, 1.54) is 7.11 Å². The highest BCUT2D eigenvalue weighted by atomic mass is 79.9. The van der Waals surface area contributed by atoms with Gasteiger partial charge in [-0.2, -0.15) is 13.2 Å². The van der Waals surface area contributed by atoms with Crippen LogP contribution in [0.15, 0.2) is 22.7 Å². The van der Waals surface area contributed by atoms with E-state index in [4.69, 9.17) is 4.74 Å². The van der Waals surface area contributed by atoms with Gasteiger partial charge in [0.2, 0.25) is 0 Å². The van der Waals surface area contributed by atoms with Gasteiger partial charge in [0.15, 0.2) is 5.78 Å². The molecule has 0 amide bonds. The maximum Gasteiger partial charge on any atom is 0.402 e. The predicted molar refractivity (Wildman–Crippen MR) is 75.4 cm³/mol. The van der Waals surface area contributed by atoms with Gasteiger partial charge in [0, 0.05) is 17.4 Å². The Morgan fingerprint density at radius 1 is 1.48 bits per heavy atom. The summed E-state index contributed by atoms with van der Waals surface area (Å²) >= 11 is 3.26. The lowest BCUT2D eigenvalue weighted by Gasteiger charge is -2.29. The van der Waals surface area contributed by atoms with E-state index in [-0.39, 0.29) is 25.9 Å². The van der Waals surface area contributed by atoms with Gasteiger partial charge in [0.05, 0.1) is 7.11 Å². The molecular formula is C14H15BrF3NO2. The first-order valence-electron chi connectivity index (χ1n) is 6.43. The molecular weight excluding hydrogens is 351 g/mol. The second-order valence-corrected chi connectivity index (χ2v) is 5.92. The molecule has 7 heteroatoms. The monoisotopic (exact) mass is 365 g/mol. The Morgan fingerprint density at radius 2 is 2.19 bits per heavy atom. The van der Waals surface area contributed by atoms with Gasteiger partial charge in [-0.15, -0.1) is 0 Å². The summed E-state index contributed by atoms with van der Waals surface area (Å²) in [5.74, 6) is -0.305. The molecule has 2 rings (SSSR count). The molecule has 0 spiro atoms. The molecule has 116 valence electrons. The number of hydrogen-bond acceptors (Lipinski definition) is 3. The first-order valence-corrected chi connectivity index (χ1v) is 7.22. The van der Waals surface area contributed by atoms with Crippen molar-refractivity contribution in [3.05, 3.63) is 28.2 Å². The number of ketones is 1. The van der Waals surface area contributed by atoms with Crippen LogP contribution in [0, 0.1) is 5.41 Å². The molecule has 3 nitrogen and oxygen atoms in total. The number of carbonyl (C=O) groups is 1. The number of methoxy groups -OCH3 is 1. The molecule has 1 N–H and O–H groups in total. The molecule has 1 fully saturated rings. The average molecular weight is 366 g/mol. The van der Waals surface area contributed by atoms with Gasteiger partial charge in [0.1, 0.15) is 11.2 Å². The Kier molecular flexibility index (Phi) is 4.63. The van der Waals surface area contributed by atoms with Crippen molar-refractivity contribution in [2.75, 3.05) is 20.2 Å². The van der Waals surface area contributed by atoms with Crippen LogP contribution in [0.25, 0.3) is 0 Å². The van der Waals surface area contributed by atoms with Crippen molar-refractivity contribution in [2.45, 2.75) is 19.0 Å². The van der Waals surface area contributed by atoms with Gasteiger partial charge in [-0.1, -0.05) is 15.9 Å².